The number of aldehydes is 1. The molecule has 0 spiro atoms. The molecule has 0 fully saturated rings. The lowest BCUT2D eigenvalue weighted by atomic mass is 10.0. The highest BCUT2D eigenvalue weighted by Crippen LogP contribution is 2.32. The quantitative estimate of drug-likeness (QED) is 0.364. The van der Waals surface area contributed by atoms with E-state index in [4.69, 9.17) is 0 Å². The van der Waals surface area contributed by atoms with Gasteiger partial charge in [0.2, 0.25) is 5.82 Å². The number of aromatic nitrogens is 2. The molecule has 26 heavy (non-hydrogen) atoms. The van der Waals surface area contributed by atoms with Gasteiger partial charge in [-0.05, 0) is 28.3 Å². The van der Waals surface area contributed by atoms with Crippen molar-refractivity contribution in [3.63, 3.8) is 0 Å². The normalized spacial score (nSPS) is 10.7. The number of rotatable bonds is 7. The van der Waals surface area contributed by atoms with E-state index >= 15 is 0 Å². The number of nitrogens with zero attached hydrogens (tertiary/aromatic N) is 3. The first-order valence-corrected chi connectivity index (χ1v) is 8.42. The van der Waals surface area contributed by atoms with Crippen molar-refractivity contribution in [3.8, 4) is 11.3 Å². The molecule has 0 radical (unpaired) electrons. The molecule has 3 aromatic rings. The lowest BCUT2D eigenvalue weighted by Crippen LogP contribution is -2.06. The molecule has 0 atom stereocenters. The van der Waals surface area contributed by atoms with Gasteiger partial charge in [-0.1, -0.05) is 54.6 Å². The lowest BCUT2D eigenvalue weighted by Gasteiger charge is -2.10. The minimum atomic E-state index is -0.488. The molecule has 3 rings (SSSR count). The lowest BCUT2D eigenvalue weighted by molar-refractivity contribution is -0.388. The van der Waals surface area contributed by atoms with E-state index in [0.717, 1.165) is 19.1 Å². The smallest absolute Gasteiger partial charge is 0.358 e. The third-order valence-corrected chi connectivity index (χ3v) is 4.35. The Hall–Kier alpha value is -3.28. The average molecular weight is 349 g/mol. The predicted molar refractivity (Wildman–Crippen MR) is 99.2 cm³/mol. The minimum absolute atomic E-state index is 0.212. The molecule has 0 amide bonds. The van der Waals surface area contributed by atoms with Crippen LogP contribution in [0.5, 0.6) is 0 Å². The van der Waals surface area contributed by atoms with Crippen molar-refractivity contribution in [2.75, 3.05) is 0 Å². The molecule has 0 aliphatic heterocycles. The van der Waals surface area contributed by atoms with E-state index in [1.165, 1.54) is 5.56 Å². The first kappa shape index (κ1) is 17.5. The zero-order valence-corrected chi connectivity index (χ0v) is 14.5. The standard InChI is InChI=1S/C20H19N3O3/c1-15-21-20(23(25)26)19(18-12-6-5-11-17(18)14-24)22(15)13-7-10-16-8-3-2-4-9-16/h2-6,8-9,11-12,14H,7,10,13H2,1H3. The third-order valence-electron chi connectivity index (χ3n) is 4.35. The molecule has 0 aliphatic carbocycles. The zero-order chi connectivity index (χ0) is 18.5. The molecule has 0 saturated heterocycles. The maximum atomic E-state index is 11.5. The van der Waals surface area contributed by atoms with E-state index in [1.807, 2.05) is 22.8 Å². The second-order valence-corrected chi connectivity index (χ2v) is 6.03. The third kappa shape index (κ3) is 3.54. The molecule has 6 heteroatoms. The number of benzene rings is 2. The van der Waals surface area contributed by atoms with Gasteiger partial charge in [0.1, 0.15) is 0 Å². The summed E-state index contributed by atoms with van der Waals surface area (Å²) in [7, 11) is 0. The van der Waals surface area contributed by atoms with Gasteiger partial charge in [-0.15, -0.1) is 0 Å². The number of carbonyl (C=O) groups is 1. The minimum Gasteiger partial charge on any atom is -0.358 e. The number of carbonyl (C=O) groups excluding carboxylic acids is 1. The van der Waals surface area contributed by atoms with Crippen molar-refractivity contribution in [1.29, 1.82) is 0 Å². The highest BCUT2D eigenvalue weighted by molar-refractivity contribution is 5.88. The summed E-state index contributed by atoms with van der Waals surface area (Å²) in [5.74, 6) is 0.358. The van der Waals surface area contributed by atoms with Crippen molar-refractivity contribution >= 4 is 12.1 Å². The SMILES string of the molecule is Cc1nc([N+](=O)[O-])c(-c2ccccc2C=O)n1CCCc1ccccc1. The van der Waals surface area contributed by atoms with Gasteiger partial charge in [-0.25, -0.2) is 0 Å². The van der Waals surface area contributed by atoms with Crippen LogP contribution >= 0.6 is 0 Å². The molecule has 0 unspecified atom stereocenters. The first-order chi connectivity index (χ1) is 12.6. The molecule has 0 N–H and O–H groups in total. The Balaban J connectivity index is 1.97. The number of aryl methyl sites for hydroxylation is 2. The molecular weight excluding hydrogens is 330 g/mol. The number of imidazole rings is 1. The Kier molecular flexibility index (Phi) is 5.22. The van der Waals surface area contributed by atoms with Gasteiger partial charge in [0, 0.05) is 24.6 Å². The fourth-order valence-electron chi connectivity index (χ4n) is 3.12. The molecule has 6 nitrogen and oxygen atoms in total. The van der Waals surface area contributed by atoms with Crippen LogP contribution in [0.4, 0.5) is 5.82 Å². The average Bonchev–Trinajstić information content (AvgIpc) is 2.99. The Labute approximate surface area is 151 Å². The van der Waals surface area contributed by atoms with Gasteiger partial charge in [0.05, 0.1) is 0 Å². The van der Waals surface area contributed by atoms with Crippen molar-refractivity contribution in [2.24, 2.45) is 0 Å². The Morgan fingerprint density at radius 2 is 1.81 bits per heavy atom. The number of hydrogen-bond donors (Lipinski definition) is 0. The number of hydrogen-bond acceptors (Lipinski definition) is 4. The van der Waals surface area contributed by atoms with Crippen LogP contribution in [-0.2, 0) is 13.0 Å². The van der Waals surface area contributed by atoms with Crippen molar-refractivity contribution in [1.82, 2.24) is 9.55 Å². The highest BCUT2D eigenvalue weighted by atomic mass is 16.6. The molecular formula is C20H19N3O3. The topological polar surface area (TPSA) is 78.0 Å². The summed E-state index contributed by atoms with van der Waals surface area (Å²) in [6.07, 6.45) is 2.39. The summed E-state index contributed by atoms with van der Waals surface area (Å²) in [6.45, 7) is 2.34. The van der Waals surface area contributed by atoms with Crippen LogP contribution in [0.15, 0.2) is 54.6 Å². The van der Waals surface area contributed by atoms with Crippen LogP contribution in [0.3, 0.4) is 0 Å². The van der Waals surface area contributed by atoms with Crippen LogP contribution in [0.1, 0.15) is 28.2 Å². The molecule has 132 valence electrons. The van der Waals surface area contributed by atoms with E-state index in [2.05, 4.69) is 17.1 Å². The molecule has 1 aromatic heterocycles. The van der Waals surface area contributed by atoms with Gasteiger partial charge in [-0.2, -0.15) is 0 Å². The van der Waals surface area contributed by atoms with E-state index in [1.54, 1.807) is 31.2 Å². The Morgan fingerprint density at radius 3 is 2.50 bits per heavy atom. The number of nitro groups is 1. The maximum absolute atomic E-state index is 11.5. The Bertz CT molecular complexity index is 933. The van der Waals surface area contributed by atoms with Crippen molar-refractivity contribution in [3.05, 3.63) is 81.7 Å². The van der Waals surface area contributed by atoms with Gasteiger partial charge in [0.15, 0.2) is 12.0 Å². The monoisotopic (exact) mass is 349 g/mol. The molecule has 1 heterocycles. The summed E-state index contributed by atoms with van der Waals surface area (Å²) in [5.41, 5.74) is 2.56. The summed E-state index contributed by atoms with van der Waals surface area (Å²) in [5, 5.41) is 11.5. The second-order valence-electron chi connectivity index (χ2n) is 6.03. The fourth-order valence-corrected chi connectivity index (χ4v) is 3.12. The second kappa shape index (κ2) is 7.74. The fraction of sp³-hybridized carbons (Fsp3) is 0.200. The predicted octanol–water partition coefficient (Wildman–Crippen LogP) is 4.21. The maximum Gasteiger partial charge on any atom is 0.390 e. The van der Waals surface area contributed by atoms with E-state index in [0.29, 0.717) is 29.2 Å². The molecule has 0 aliphatic rings. The van der Waals surface area contributed by atoms with Crippen molar-refractivity contribution in [2.45, 2.75) is 26.3 Å². The summed E-state index contributed by atoms with van der Waals surface area (Å²) in [6, 6.07) is 17.0. The first-order valence-electron chi connectivity index (χ1n) is 8.42. The van der Waals surface area contributed by atoms with Crippen LogP contribution in [-0.4, -0.2) is 20.8 Å². The Morgan fingerprint density at radius 1 is 1.12 bits per heavy atom. The van der Waals surface area contributed by atoms with Crippen LogP contribution < -0.4 is 0 Å². The van der Waals surface area contributed by atoms with Gasteiger partial charge >= 0.3 is 5.82 Å². The van der Waals surface area contributed by atoms with Gasteiger partial charge < -0.3 is 14.7 Å². The van der Waals surface area contributed by atoms with Crippen molar-refractivity contribution < 1.29 is 9.72 Å². The highest BCUT2D eigenvalue weighted by Gasteiger charge is 2.27. The van der Waals surface area contributed by atoms with E-state index < -0.39 is 4.92 Å². The molecule has 0 bridgehead atoms. The van der Waals surface area contributed by atoms with Crippen LogP contribution in [0, 0.1) is 17.0 Å². The van der Waals surface area contributed by atoms with Gasteiger partial charge in [-0.3, -0.25) is 4.79 Å². The summed E-state index contributed by atoms with van der Waals surface area (Å²) in [4.78, 5) is 26.5. The van der Waals surface area contributed by atoms with E-state index in [9.17, 15) is 14.9 Å². The van der Waals surface area contributed by atoms with Gasteiger partial charge in [0.25, 0.3) is 0 Å². The molecule has 2 aromatic carbocycles. The zero-order valence-electron chi connectivity index (χ0n) is 14.5. The summed E-state index contributed by atoms with van der Waals surface area (Å²) < 4.78 is 1.84. The largest absolute Gasteiger partial charge is 0.390 e. The molecule has 0 saturated carbocycles. The van der Waals surface area contributed by atoms with Crippen LogP contribution in [0.2, 0.25) is 0 Å². The van der Waals surface area contributed by atoms with E-state index in [-0.39, 0.29) is 5.82 Å². The summed E-state index contributed by atoms with van der Waals surface area (Å²) >= 11 is 0. The van der Waals surface area contributed by atoms with Crippen LogP contribution in [0.25, 0.3) is 11.3 Å².